The summed E-state index contributed by atoms with van der Waals surface area (Å²) in [4.78, 5) is 26.0. The normalized spacial score (nSPS) is 10.8. The number of para-hydroxylation sites is 1. The fourth-order valence-corrected chi connectivity index (χ4v) is 3.01. The molecule has 0 saturated heterocycles. The van der Waals surface area contributed by atoms with Gasteiger partial charge in [0.1, 0.15) is 6.42 Å². The first-order valence-corrected chi connectivity index (χ1v) is 6.93. The fourth-order valence-electron chi connectivity index (χ4n) is 2.16. The lowest BCUT2D eigenvalue weighted by Gasteiger charge is -1.94. The zero-order valence-corrected chi connectivity index (χ0v) is 11.2. The standard InChI is InChI=1S/C15H11NO3S/c17-13(6-15(18)19)14-5-9(8-20-14)11-7-16-12-4-2-1-3-10(11)12/h1-5,7-8,16H,6H2,(H,18,19). The maximum atomic E-state index is 11.7. The summed E-state index contributed by atoms with van der Waals surface area (Å²) in [7, 11) is 0. The van der Waals surface area contributed by atoms with Crippen LogP contribution in [0.5, 0.6) is 0 Å². The number of fused-ring (bicyclic) bond motifs is 1. The molecule has 0 saturated carbocycles. The Morgan fingerprint density at radius 3 is 2.85 bits per heavy atom. The molecule has 5 heteroatoms. The van der Waals surface area contributed by atoms with E-state index in [1.807, 2.05) is 35.8 Å². The van der Waals surface area contributed by atoms with E-state index in [2.05, 4.69) is 4.98 Å². The SMILES string of the molecule is O=C(O)CC(=O)c1cc(-c2c[nH]c3ccccc23)cs1. The highest BCUT2D eigenvalue weighted by atomic mass is 32.1. The second-order valence-corrected chi connectivity index (χ2v) is 5.35. The van der Waals surface area contributed by atoms with E-state index in [0.717, 1.165) is 22.0 Å². The van der Waals surface area contributed by atoms with Crippen molar-refractivity contribution in [1.82, 2.24) is 4.98 Å². The van der Waals surface area contributed by atoms with E-state index in [0.29, 0.717) is 4.88 Å². The van der Waals surface area contributed by atoms with Crippen molar-refractivity contribution in [2.24, 2.45) is 0 Å². The lowest BCUT2D eigenvalue weighted by Crippen LogP contribution is -2.04. The molecular weight excluding hydrogens is 274 g/mol. The van der Waals surface area contributed by atoms with Crippen LogP contribution < -0.4 is 0 Å². The van der Waals surface area contributed by atoms with E-state index in [-0.39, 0.29) is 5.78 Å². The minimum absolute atomic E-state index is 0.353. The molecule has 4 nitrogen and oxygen atoms in total. The van der Waals surface area contributed by atoms with Gasteiger partial charge in [0.25, 0.3) is 0 Å². The third-order valence-corrected chi connectivity index (χ3v) is 4.06. The average molecular weight is 285 g/mol. The van der Waals surface area contributed by atoms with E-state index in [1.165, 1.54) is 11.3 Å². The summed E-state index contributed by atoms with van der Waals surface area (Å²) in [5.74, 6) is -1.45. The number of nitrogens with one attached hydrogen (secondary N) is 1. The molecule has 0 atom stereocenters. The van der Waals surface area contributed by atoms with Gasteiger partial charge in [-0.2, -0.15) is 0 Å². The number of aromatic nitrogens is 1. The van der Waals surface area contributed by atoms with Crippen LogP contribution in [-0.2, 0) is 4.79 Å². The van der Waals surface area contributed by atoms with Crippen molar-refractivity contribution in [2.75, 3.05) is 0 Å². The number of rotatable bonds is 4. The molecule has 0 fully saturated rings. The molecule has 0 unspecified atom stereocenters. The van der Waals surface area contributed by atoms with E-state index in [9.17, 15) is 9.59 Å². The first-order valence-electron chi connectivity index (χ1n) is 6.05. The smallest absolute Gasteiger partial charge is 0.311 e. The summed E-state index contributed by atoms with van der Waals surface area (Å²) in [6.07, 6.45) is 1.44. The van der Waals surface area contributed by atoms with Gasteiger partial charge in [0.15, 0.2) is 5.78 Å². The molecule has 1 aromatic carbocycles. The van der Waals surface area contributed by atoms with Crippen molar-refractivity contribution in [3.05, 3.63) is 46.8 Å². The molecule has 2 N–H and O–H groups in total. The van der Waals surface area contributed by atoms with Gasteiger partial charge in [0.05, 0.1) is 4.88 Å². The number of hydrogen-bond acceptors (Lipinski definition) is 3. The summed E-state index contributed by atoms with van der Waals surface area (Å²) in [6.45, 7) is 0. The molecule has 20 heavy (non-hydrogen) atoms. The van der Waals surface area contributed by atoms with E-state index in [4.69, 9.17) is 5.11 Å². The largest absolute Gasteiger partial charge is 0.481 e. The van der Waals surface area contributed by atoms with E-state index < -0.39 is 12.4 Å². The number of hydrogen-bond donors (Lipinski definition) is 2. The lowest BCUT2D eigenvalue weighted by molar-refractivity contribution is -0.135. The lowest BCUT2D eigenvalue weighted by atomic mass is 10.1. The van der Waals surface area contributed by atoms with Crippen LogP contribution >= 0.6 is 11.3 Å². The summed E-state index contributed by atoms with van der Waals surface area (Å²) in [5.41, 5.74) is 2.99. The Balaban J connectivity index is 1.98. The van der Waals surface area contributed by atoms with Gasteiger partial charge in [-0.1, -0.05) is 18.2 Å². The van der Waals surface area contributed by atoms with Crippen molar-refractivity contribution in [3.8, 4) is 11.1 Å². The van der Waals surface area contributed by atoms with Crippen LogP contribution in [0, 0.1) is 0 Å². The third-order valence-electron chi connectivity index (χ3n) is 3.09. The van der Waals surface area contributed by atoms with Crippen molar-refractivity contribution >= 4 is 34.0 Å². The van der Waals surface area contributed by atoms with Crippen LogP contribution in [0.15, 0.2) is 41.9 Å². The van der Waals surface area contributed by atoms with Crippen molar-refractivity contribution in [1.29, 1.82) is 0 Å². The van der Waals surface area contributed by atoms with Crippen molar-refractivity contribution < 1.29 is 14.7 Å². The maximum absolute atomic E-state index is 11.7. The van der Waals surface area contributed by atoms with Crippen LogP contribution in [0.25, 0.3) is 22.0 Å². The first-order chi connectivity index (χ1) is 9.65. The van der Waals surface area contributed by atoms with Gasteiger partial charge in [-0.25, -0.2) is 0 Å². The van der Waals surface area contributed by atoms with Crippen LogP contribution in [0.4, 0.5) is 0 Å². The molecular formula is C15H11NO3S. The molecule has 0 aliphatic carbocycles. The highest BCUT2D eigenvalue weighted by molar-refractivity contribution is 7.12. The molecule has 0 radical (unpaired) electrons. The average Bonchev–Trinajstić information content (AvgIpc) is 3.04. The number of carboxylic acid groups (broad SMARTS) is 1. The molecule has 0 aliphatic rings. The predicted molar refractivity (Wildman–Crippen MR) is 78.2 cm³/mol. The maximum Gasteiger partial charge on any atom is 0.311 e. The number of ketones is 1. The van der Waals surface area contributed by atoms with Crippen molar-refractivity contribution in [3.63, 3.8) is 0 Å². The summed E-state index contributed by atoms with van der Waals surface area (Å²) >= 11 is 1.28. The number of carbonyl (C=O) groups excluding carboxylic acids is 1. The Hall–Kier alpha value is -2.40. The summed E-state index contributed by atoms with van der Waals surface area (Å²) in [6, 6.07) is 9.67. The van der Waals surface area contributed by atoms with Crippen LogP contribution in [0.3, 0.4) is 0 Å². The van der Waals surface area contributed by atoms with E-state index >= 15 is 0 Å². The predicted octanol–water partition coefficient (Wildman–Crippen LogP) is 3.55. The second-order valence-electron chi connectivity index (χ2n) is 4.44. The number of benzene rings is 1. The number of aliphatic carboxylic acids is 1. The van der Waals surface area contributed by atoms with Gasteiger partial charge in [-0.15, -0.1) is 11.3 Å². The number of carboxylic acids is 1. The van der Waals surface area contributed by atoms with Gasteiger partial charge in [0.2, 0.25) is 0 Å². The van der Waals surface area contributed by atoms with Crippen LogP contribution in [0.1, 0.15) is 16.1 Å². The van der Waals surface area contributed by atoms with Crippen LogP contribution in [0.2, 0.25) is 0 Å². The molecule has 3 aromatic rings. The molecule has 3 rings (SSSR count). The number of H-pyrrole nitrogens is 1. The minimum Gasteiger partial charge on any atom is -0.481 e. The van der Waals surface area contributed by atoms with Gasteiger partial charge in [0, 0.05) is 22.7 Å². The van der Waals surface area contributed by atoms with Gasteiger partial charge in [-0.3, -0.25) is 9.59 Å². The van der Waals surface area contributed by atoms with E-state index in [1.54, 1.807) is 6.07 Å². The fraction of sp³-hybridized carbons (Fsp3) is 0.0667. The Kier molecular flexibility index (Phi) is 3.12. The summed E-state index contributed by atoms with van der Waals surface area (Å²) < 4.78 is 0. The van der Waals surface area contributed by atoms with Crippen LogP contribution in [-0.4, -0.2) is 21.8 Å². The second kappa shape index (κ2) is 4.94. The Bertz CT molecular complexity index is 800. The first kappa shape index (κ1) is 12.6. The Morgan fingerprint density at radius 1 is 1.25 bits per heavy atom. The van der Waals surface area contributed by atoms with Gasteiger partial charge < -0.3 is 10.1 Å². The monoisotopic (exact) mass is 285 g/mol. The summed E-state index contributed by atoms with van der Waals surface area (Å²) in [5, 5.41) is 11.6. The highest BCUT2D eigenvalue weighted by Crippen LogP contribution is 2.32. The molecule has 2 aromatic heterocycles. The molecule has 0 bridgehead atoms. The molecule has 0 aliphatic heterocycles. The Morgan fingerprint density at radius 2 is 2.05 bits per heavy atom. The van der Waals surface area contributed by atoms with Gasteiger partial charge in [-0.05, 0) is 23.1 Å². The molecule has 2 heterocycles. The molecule has 0 amide bonds. The highest BCUT2D eigenvalue weighted by Gasteiger charge is 2.15. The number of thiophene rings is 1. The third kappa shape index (κ3) is 2.23. The zero-order valence-electron chi connectivity index (χ0n) is 10.4. The number of Topliss-reactive ketones (excluding diaryl/α,β-unsaturated/α-hetero) is 1. The van der Waals surface area contributed by atoms with Crippen molar-refractivity contribution in [2.45, 2.75) is 6.42 Å². The topological polar surface area (TPSA) is 70.2 Å². The van der Waals surface area contributed by atoms with Gasteiger partial charge >= 0.3 is 5.97 Å². The quantitative estimate of drug-likeness (QED) is 0.569. The Labute approximate surface area is 118 Å². The minimum atomic E-state index is -1.10. The molecule has 100 valence electrons. The zero-order chi connectivity index (χ0) is 14.1. The number of aromatic amines is 1. The number of carbonyl (C=O) groups is 2. The molecule has 0 spiro atoms.